The van der Waals surface area contributed by atoms with E-state index in [1.165, 1.54) is 6.07 Å². The third-order valence-electron chi connectivity index (χ3n) is 4.09. The van der Waals surface area contributed by atoms with E-state index in [0.717, 1.165) is 17.8 Å². The zero-order chi connectivity index (χ0) is 24.8. The summed E-state index contributed by atoms with van der Waals surface area (Å²) in [6, 6.07) is -0.201. The lowest BCUT2D eigenvalue weighted by atomic mass is 10.1. The molecule has 15 nitrogen and oxygen atoms in total. The van der Waals surface area contributed by atoms with Gasteiger partial charge in [-0.1, -0.05) is 0 Å². The molecule has 2 aromatic rings. The Hall–Kier alpha value is -3.28. The third kappa shape index (κ3) is 7.38. The van der Waals surface area contributed by atoms with Gasteiger partial charge in [-0.05, 0) is 28.9 Å². The standard InChI is InChI=1S/C16H19N5O10S2/c17-7(16(26)27)1-4-11(22)19-8(15(25)18-5-12(23)24)6-32-9-2-3-10(33(28,29)30)14-13(9)20-31-21-14/h2-3,7-8H,1,4-6,17H2,(H,18,25)(H,19,22)(H,23,24)(H,26,27)(H,28,29,30)/t7-,8-/m0/s1. The van der Waals surface area contributed by atoms with Crippen molar-refractivity contribution in [1.29, 1.82) is 0 Å². The molecule has 0 radical (unpaired) electrons. The molecule has 1 aromatic carbocycles. The number of carbonyl (C=O) groups is 4. The molecule has 180 valence electrons. The minimum absolute atomic E-state index is 0.0291. The van der Waals surface area contributed by atoms with Gasteiger partial charge >= 0.3 is 11.9 Å². The normalized spacial score (nSPS) is 13.3. The van der Waals surface area contributed by atoms with Gasteiger partial charge in [0, 0.05) is 17.1 Å². The summed E-state index contributed by atoms with van der Waals surface area (Å²) in [5.74, 6) is -4.30. The monoisotopic (exact) mass is 505 g/mol. The summed E-state index contributed by atoms with van der Waals surface area (Å²) in [5.41, 5.74) is 5.07. The Labute approximate surface area is 189 Å². The largest absolute Gasteiger partial charge is 0.480 e. The fourth-order valence-electron chi connectivity index (χ4n) is 2.46. The van der Waals surface area contributed by atoms with E-state index in [0.29, 0.717) is 0 Å². The molecule has 0 aliphatic rings. The number of aliphatic carboxylic acids is 2. The highest BCUT2D eigenvalue weighted by atomic mass is 32.2. The number of thioether (sulfide) groups is 1. The fourth-order valence-corrected chi connectivity index (χ4v) is 4.10. The van der Waals surface area contributed by atoms with E-state index in [4.69, 9.17) is 15.9 Å². The fraction of sp³-hybridized carbons (Fsp3) is 0.375. The van der Waals surface area contributed by atoms with E-state index in [1.54, 1.807) is 0 Å². The molecule has 0 aliphatic heterocycles. The Bertz CT molecular complexity index is 1170. The lowest BCUT2D eigenvalue weighted by molar-refractivity contribution is -0.139. The van der Waals surface area contributed by atoms with Crippen LogP contribution < -0.4 is 16.4 Å². The molecule has 0 unspecified atom stereocenters. The highest BCUT2D eigenvalue weighted by Gasteiger charge is 2.25. The van der Waals surface area contributed by atoms with Crippen molar-refractivity contribution in [3.63, 3.8) is 0 Å². The van der Waals surface area contributed by atoms with Crippen molar-refractivity contribution in [2.24, 2.45) is 5.73 Å². The highest BCUT2D eigenvalue weighted by Crippen LogP contribution is 2.30. The Morgan fingerprint density at radius 1 is 1.15 bits per heavy atom. The maximum absolute atomic E-state index is 12.4. The van der Waals surface area contributed by atoms with Crippen LogP contribution in [0.25, 0.3) is 11.0 Å². The number of carboxylic acids is 2. The van der Waals surface area contributed by atoms with Crippen molar-refractivity contribution in [2.45, 2.75) is 34.7 Å². The topological polar surface area (TPSA) is 252 Å². The van der Waals surface area contributed by atoms with Crippen molar-refractivity contribution >= 4 is 56.7 Å². The van der Waals surface area contributed by atoms with Gasteiger partial charge in [-0.2, -0.15) is 8.42 Å². The van der Waals surface area contributed by atoms with Gasteiger partial charge in [-0.15, -0.1) is 11.8 Å². The predicted molar refractivity (Wildman–Crippen MR) is 110 cm³/mol. The molecule has 1 aromatic heterocycles. The number of benzene rings is 1. The summed E-state index contributed by atoms with van der Waals surface area (Å²) in [4.78, 5) is 45.8. The number of carboxylic acid groups (broad SMARTS) is 2. The van der Waals surface area contributed by atoms with Gasteiger partial charge in [0.2, 0.25) is 11.8 Å². The number of amides is 2. The number of aromatic nitrogens is 2. The summed E-state index contributed by atoms with van der Waals surface area (Å²) in [7, 11) is -4.61. The van der Waals surface area contributed by atoms with Crippen molar-refractivity contribution in [1.82, 2.24) is 20.9 Å². The van der Waals surface area contributed by atoms with Crippen molar-refractivity contribution < 1.29 is 47.0 Å². The number of nitrogens with zero attached hydrogens (tertiary/aromatic N) is 2. The van der Waals surface area contributed by atoms with Crippen molar-refractivity contribution in [3.8, 4) is 0 Å². The summed E-state index contributed by atoms with van der Waals surface area (Å²) < 4.78 is 36.7. The van der Waals surface area contributed by atoms with E-state index in [-0.39, 0.29) is 34.5 Å². The number of fused-ring (bicyclic) bond motifs is 1. The molecule has 7 N–H and O–H groups in total. The van der Waals surface area contributed by atoms with Crippen LogP contribution in [0, 0.1) is 0 Å². The van der Waals surface area contributed by atoms with Crippen LogP contribution in [0.15, 0.2) is 26.6 Å². The van der Waals surface area contributed by atoms with Crippen LogP contribution in [0.2, 0.25) is 0 Å². The maximum atomic E-state index is 12.4. The first-order valence-electron chi connectivity index (χ1n) is 9.03. The second-order valence-electron chi connectivity index (χ2n) is 6.52. The van der Waals surface area contributed by atoms with Crippen LogP contribution in [0.3, 0.4) is 0 Å². The van der Waals surface area contributed by atoms with Gasteiger partial charge in [0.1, 0.15) is 29.0 Å². The number of carbonyl (C=O) groups excluding carboxylic acids is 2. The van der Waals surface area contributed by atoms with Crippen LogP contribution in [0.1, 0.15) is 12.8 Å². The quantitative estimate of drug-likeness (QED) is 0.141. The first-order chi connectivity index (χ1) is 15.4. The third-order valence-corrected chi connectivity index (χ3v) is 6.12. The second kappa shape index (κ2) is 11.0. The lowest BCUT2D eigenvalue weighted by Gasteiger charge is -2.18. The minimum atomic E-state index is -4.61. The smallest absolute Gasteiger partial charge is 0.322 e. The van der Waals surface area contributed by atoms with E-state index < -0.39 is 57.4 Å². The summed E-state index contributed by atoms with van der Waals surface area (Å²) in [6.45, 7) is -0.708. The average molecular weight is 505 g/mol. The zero-order valence-electron chi connectivity index (χ0n) is 16.6. The Morgan fingerprint density at radius 2 is 1.82 bits per heavy atom. The molecule has 2 atom stereocenters. The Balaban J connectivity index is 2.17. The predicted octanol–water partition coefficient (Wildman–Crippen LogP) is -1.56. The molecule has 2 rings (SSSR count). The number of hydrogen-bond acceptors (Lipinski definition) is 11. The van der Waals surface area contributed by atoms with E-state index >= 15 is 0 Å². The van der Waals surface area contributed by atoms with Crippen LogP contribution in [-0.4, -0.2) is 81.6 Å². The molecular formula is C16H19N5O10S2. The van der Waals surface area contributed by atoms with E-state index in [2.05, 4.69) is 25.6 Å². The molecule has 0 saturated heterocycles. The summed E-state index contributed by atoms with van der Waals surface area (Å²) in [5, 5.41) is 29.1. The molecule has 0 fully saturated rings. The average Bonchev–Trinajstić information content (AvgIpc) is 3.21. The number of nitrogens with one attached hydrogen (secondary N) is 2. The van der Waals surface area contributed by atoms with Crippen LogP contribution >= 0.6 is 11.8 Å². The zero-order valence-corrected chi connectivity index (χ0v) is 18.3. The van der Waals surface area contributed by atoms with Crippen molar-refractivity contribution in [2.75, 3.05) is 12.3 Å². The first kappa shape index (κ1) is 26.0. The Morgan fingerprint density at radius 3 is 2.42 bits per heavy atom. The Kier molecular flexibility index (Phi) is 8.69. The molecule has 1 heterocycles. The maximum Gasteiger partial charge on any atom is 0.322 e. The van der Waals surface area contributed by atoms with E-state index in [9.17, 15) is 32.1 Å². The van der Waals surface area contributed by atoms with Gasteiger partial charge in [0.25, 0.3) is 10.1 Å². The van der Waals surface area contributed by atoms with Crippen LogP contribution in [0.4, 0.5) is 0 Å². The van der Waals surface area contributed by atoms with Gasteiger partial charge in [-0.3, -0.25) is 23.7 Å². The molecule has 0 bridgehead atoms. The minimum Gasteiger partial charge on any atom is -0.480 e. The van der Waals surface area contributed by atoms with Crippen LogP contribution in [-0.2, 0) is 29.3 Å². The highest BCUT2D eigenvalue weighted by molar-refractivity contribution is 7.99. The van der Waals surface area contributed by atoms with Gasteiger partial charge < -0.3 is 26.6 Å². The van der Waals surface area contributed by atoms with Crippen molar-refractivity contribution in [3.05, 3.63) is 12.1 Å². The molecule has 17 heteroatoms. The number of rotatable bonds is 12. The van der Waals surface area contributed by atoms with Crippen LogP contribution in [0.5, 0.6) is 0 Å². The number of hydrogen-bond donors (Lipinski definition) is 6. The molecule has 0 spiro atoms. The molecular weight excluding hydrogens is 486 g/mol. The molecule has 2 amide bonds. The van der Waals surface area contributed by atoms with Gasteiger partial charge in [-0.25, -0.2) is 4.63 Å². The molecule has 0 saturated carbocycles. The summed E-state index contributed by atoms with van der Waals surface area (Å²) in [6.07, 6.45) is -0.499. The first-order valence-corrected chi connectivity index (χ1v) is 11.5. The second-order valence-corrected chi connectivity index (χ2v) is 8.98. The van der Waals surface area contributed by atoms with E-state index in [1.807, 2.05) is 0 Å². The molecule has 0 aliphatic carbocycles. The van der Waals surface area contributed by atoms with Gasteiger partial charge in [0.05, 0.1) is 0 Å². The SMILES string of the molecule is N[C@@H](CCC(=O)N[C@@H](CSc1ccc(S(=O)(=O)O)c2nonc12)C(=O)NCC(=O)O)C(=O)O. The molecule has 33 heavy (non-hydrogen) atoms. The lowest BCUT2D eigenvalue weighted by Crippen LogP contribution is -2.49. The summed E-state index contributed by atoms with van der Waals surface area (Å²) >= 11 is 0.935. The number of nitrogens with two attached hydrogens (primary N) is 1. The van der Waals surface area contributed by atoms with Gasteiger partial charge in [0.15, 0.2) is 5.52 Å².